The highest BCUT2D eigenvalue weighted by Gasteiger charge is 2.01. The molecule has 1 aromatic rings. The zero-order valence-corrected chi connectivity index (χ0v) is 7.57. The van der Waals surface area contributed by atoms with Crippen LogP contribution in [0.1, 0.15) is 6.92 Å². The van der Waals surface area contributed by atoms with Gasteiger partial charge in [-0.05, 0) is 6.92 Å². The van der Waals surface area contributed by atoms with Crippen molar-refractivity contribution in [1.82, 2.24) is 9.55 Å². The molecule has 0 aliphatic carbocycles. The summed E-state index contributed by atoms with van der Waals surface area (Å²) in [7, 11) is 1.64. The summed E-state index contributed by atoms with van der Waals surface area (Å²) in [6, 6.07) is 0. The molecule has 0 saturated carbocycles. The molecule has 1 heterocycles. The molecule has 0 aliphatic heterocycles. The predicted octanol–water partition coefficient (Wildman–Crippen LogP) is 0.182. The maximum atomic E-state index is 11.3. The first-order valence-corrected chi connectivity index (χ1v) is 3.79. The maximum absolute atomic E-state index is 11.3. The lowest BCUT2D eigenvalue weighted by Gasteiger charge is -2.00. The van der Waals surface area contributed by atoms with E-state index in [-0.39, 0.29) is 18.0 Å². The summed E-state index contributed by atoms with van der Waals surface area (Å²) in [6.07, 6.45) is 3.08. The van der Waals surface area contributed by atoms with Crippen molar-refractivity contribution in [1.29, 1.82) is 0 Å². The molecule has 0 fully saturated rings. The molecule has 0 N–H and O–H groups in total. The van der Waals surface area contributed by atoms with Gasteiger partial charge in [0, 0.05) is 19.4 Å². The highest BCUT2D eigenvalue weighted by atomic mass is 16.5. The summed E-state index contributed by atoms with van der Waals surface area (Å²) in [6.45, 7) is 1.91. The van der Waals surface area contributed by atoms with Gasteiger partial charge in [-0.1, -0.05) is 5.92 Å². The van der Waals surface area contributed by atoms with E-state index in [2.05, 4.69) is 16.8 Å². The topological polar surface area (TPSA) is 44.1 Å². The number of aryl methyl sites for hydroxylation is 1. The molecule has 1 aromatic heterocycles. The fourth-order valence-electron chi connectivity index (χ4n) is 0.750. The molecule has 0 aromatic carbocycles. The number of nitrogens with zero attached hydrogens (tertiary/aromatic N) is 2. The van der Waals surface area contributed by atoms with Crippen molar-refractivity contribution < 1.29 is 4.74 Å². The fraction of sp³-hybridized carbons (Fsp3) is 0.333. The molecule has 0 bridgehead atoms. The molecule has 0 atom stereocenters. The summed E-state index contributed by atoms with van der Waals surface area (Å²) in [4.78, 5) is 15.1. The van der Waals surface area contributed by atoms with Crippen LogP contribution in [-0.4, -0.2) is 16.2 Å². The first-order chi connectivity index (χ1) is 6.25. The van der Waals surface area contributed by atoms with Crippen molar-refractivity contribution in [2.75, 3.05) is 6.61 Å². The van der Waals surface area contributed by atoms with E-state index >= 15 is 0 Å². The monoisotopic (exact) mass is 178 g/mol. The summed E-state index contributed by atoms with van der Waals surface area (Å²) >= 11 is 0. The average Bonchev–Trinajstić information content (AvgIpc) is 2.13. The molecule has 13 heavy (non-hydrogen) atoms. The van der Waals surface area contributed by atoms with Gasteiger partial charge < -0.3 is 9.30 Å². The van der Waals surface area contributed by atoms with Crippen molar-refractivity contribution in [2.45, 2.75) is 6.92 Å². The van der Waals surface area contributed by atoms with Crippen LogP contribution < -0.4 is 10.3 Å². The van der Waals surface area contributed by atoms with Crippen LogP contribution in [0.5, 0.6) is 5.88 Å². The van der Waals surface area contributed by atoms with E-state index in [0.29, 0.717) is 0 Å². The number of ether oxygens (including phenoxy) is 1. The minimum atomic E-state index is -0.250. The highest BCUT2D eigenvalue weighted by molar-refractivity contribution is 5.06. The Hall–Kier alpha value is -1.76. The van der Waals surface area contributed by atoms with E-state index in [1.807, 2.05) is 0 Å². The van der Waals surface area contributed by atoms with Crippen molar-refractivity contribution >= 4 is 0 Å². The smallest absolute Gasteiger partial charge is 0.313 e. The maximum Gasteiger partial charge on any atom is 0.313 e. The summed E-state index contributed by atoms with van der Waals surface area (Å²) in [5.41, 5.74) is -0.250. The van der Waals surface area contributed by atoms with Crippen LogP contribution in [0.25, 0.3) is 0 Å². The van der Waals surface area contributed by atoms with Crippen LogP contribution in [0.15, 0.2) is 17.2 Å². The quantitative estimate of drug-likeness (QED) is 0.607. The second-order valence-electron chi connectivity index (χ2n) is 2.36. The summed E-state index contributed by atoms with van der Waals surface area (Å²) in [5.74, 6) is 5.43. The third-order valence-corrected chi connectivity index (χ3v) is 1.44. The Morgan fingerprint density at radius 3 is 3.15 bits per heavy atom. The molecule has 1 rings (SSSR count). The SMILES string of the molecule is CC#CCOc1nccn(C)c1=O. The van der Waals surface area contributed by atoms with Gasteiger partial charge in [0.2, 0.25) is 0 Å². The minimum Gasteiger partial charge on any atom is -0.461 e. The van der Waals surface area contributed by atoms with Crippen LogP contribution in [0, 0.1) is 11.8 Å². The van der Waals surface area contributed by atoms with E-state index in [1.54, 1.807) is 20.2 Å². The van der Waals surface area contributed by atoms with Gasteiger partial charge in [0.25, 0.3) is 5.88 Å². The van der Waals surface area contributed by atoms with Gasteiger partial charge in [0.05, 0.1) is 0 Å². The molecule has 0 saturated heterocycles. The molecular weight excluding hydrogens is 168 g/mol. The van der Waals surface area contributed by atoms with Gasteiger partial charge >= 0.3 is 5.56 Å². The van der Waals surface area contributed by atoms with E-state index < -0.39 is 0 Å². The van der Waals surface area contributed by atoms with E-state index in [1.165, 1.54) is 10.8 Å². The average molecular weight is 178 g/mol. The standard InChI is InChI=1S/C9H10N2O2/c1-3-4-7-13-8-9(12)11(2)6-5-10-8/h5-6H,7H2,1-2H3. The van der Waals surface area contributed by atoms with Crippen molar-refractivity contribution in [3.05, 3.63) is 22.7 Å². The second-order valence-corrected chi connectivity index (χ2v) is 2.36. The van der Waals surface area contributed by atoms with Gasteiger partial charge in [-0.25, -0.2) is 4.98 Å². The zero-order valence-electron chi connectivity index (χ0n) is 7.57. The van der Waals surface area contributed by atoms with Crippen molar-refractivity contribution in [3.63, 3.8) is 0 Å². The van der Waals surface area contributed by atoms with Gasteiger partial charge in [0.15, 0.2) is 6.61 Å². The lowest BCUT2D eigenvalue weighted by Crippen LogP contribution is -2.19. The van der Waals surface area contributed by atoms with Crippen LogP contribution in [-0.2, 0) is 7.05 Å². The molecule has 0 amide bonds. The van der Waals surface area contributed by atoms with Crippen LogP contribution >= 0.6 is 0 Å². The number of hydrogen-bond acceptors (Lipinski definition) is 3. The van der Waals surface area contributed by atoms with Crippen molar-refractivity contribution in [2.24, 2.45) is 7.05 Å². The Morgan fingerprint density at radius 2 is 2.46 bits per heavy atom. The summed E-state index contributed by atoms with van der Waals surface area (Å²) in [5, 5.41) is 0. The largest absolute Gasteiger partial charge is 0.461 e. The Bertz CT molecular complexity index is 398. The molecule has 4 heteroatoms. The lowest BCUT2D eigenvalue weighted by atomic mass is 10.6. The summed E-state index contributed by atoms with van der Waals surface area (Å²) < 4.78 is 6.44. The molecular formula is C9H10N2O2. The predicted molar refractivity (Wildman–Crippen MR) is 48.4 cm³/mol. The van der Waals surface area contributed by atoms with Gasteiger partial charge in [-0.3, -0.25) is 4.79 Å². The first kappa shape index (κ1) is 9.33. The zero-order chi connectivity index (χ0) is 9.68. The van der Waals surface area contributed by atoms with Crippen LogP contribution in [0.4, 0.5) is 0 Å². The second kappa shape index (κ2) is 4.31. The minimum absolute atomic E-state index is 0.0905. The molecule has 68 valence electrons. The molecule has 0 radical (unpaired) electrons. The van der Waals surface area contributed by atoms with Crippen molar-refractivity contribution in [3.8, 4) is 17.7 Å². The number of aromatic nitrogens is 2. The number of hydrogen-bond donors (Lipinski definition) is 0. The first-order valence-electron chi connectivity index (χ1n) is 3.79. The lowest BCUT2D eigenvalue weighted by molar-refractivity contribution is 0.346. The van der Waals surface area contributed by atoms with Gasteiger partial charge in [0.1, 0.15) is 0 Å². The Kier molecular flexibility index (Phi) is 3.09. The third-order valence-electron chi connectivity index (χ3n) is 1.44. The van der Waals surface area contributed by atoms with Crippen LogP contribution in [0.3, 0.4) is 0 Å². The third kappa shape index (κ3) is 2.34. The van der Waals surface area contributed by atoms with E-state index in [4.69, 9.17) is 4.74 Å². The normalized spacial score (nSPS) is 8.77. The molecule has 0 spiro atoms. The van der Waals surface area contributed by atoms with Gasteiger partial charge in [-0.15, -0.1) is 5.92 Å². The number of rotatable bonds is 2. The Morgan fingerprint density at radius 1 is 1.69 bits per heavy atom. The highest BCUT2D eigenvalue weighted by Crippen LogP contribution is 1.93. The Labute approximate surface area is 76.2 Å². The molecule has 4 nitrogen and oxygen atoms in total. The Balaban J connectivity index is 2.81. The fourth-order valence-corrected chi connectivity index (χ4v) is 0.750. The van der Waals surface area contributed by atoms with E-state index in [0.717, 1.165) is 0 Å². The molecule has 0 aliphatic rings. The van der Waals surface area contributed by atoms with Gasteiger partial charge in [-0.2, -0.15) is 0 Å². The van der Waals surface area contributed by atoms with E-state index in [9.17, 15) is 4.79 Å². The van der Waals surface area contributed by atoms with Crippen LogP contribution in [0.2, 0.25) is 0 Å². The molecule has 0 unspecified atom stereocenters.